The fraction of sp³-hybridized carbons (Fsp3) is 0.241. The van der Waals surface area contributed by atoms with Crippen molar-refractivity contribution in [1.29, 1.82) is 0 Å². The highest BCUT2D eigenvalue weighted by Gasteiger charge is 2.34. The van der Waals surface area contributed by atoms with Crippen molar-refractivity contribution in [3.63, 3.8) is 0 Å². The van der Waals surface area contributed by atoms with Gasteiger partial charge in [-0.3, -0.25) is 9.59 Å². The van der Waals surface area contributed by atoms with Gasteiger partial charge in [-0.05, 0) is 49.7 Å². The molecule has 0 radical (unpaired) electrons. The molecule has 5 rings (SSSR count). The highest BCUT2D eigenvalue weighted by atomic mass is 16.5. The summed E-state index contributed by atoms with van der Waals surface area (Å²) in [5, 5.41) is 20.9. The average Bonchev–Trinajstić information content (AvgIpc) is 2.87. The third-order valence-corrected chi connectivity index (χ3v) is 6.34. The Hall–Kier alpha value is -4.66. The van der Waals surface area contributed by atoms with Crippen molar-refractivity contribution in [2.75, 3.05) is 14.2 Å². The maximum absolute atomic E-state index is 13.2. The molecule has 38 heavy (non-hydrogen) atoms. The molecule has 0 bridgehead atoms. The van der Waals surface area contributed by atoms with Crippen LogP contribution < -0.4 is 24.4 Å². The van der Waals surface area contributed by atoms with Crippen molar-refractivity contribution in [2.24, 2.45) is 0 Å². The van der Waals surface area contributed by atoms with E-state index in [-0.39, 0.29) is 52.3 Å². The van der Waals surface area contributed by atoms with E-state index in [9.17, 15) is 19.8 Å². The van der Waals surface area contributed by atoms with Gasteiger partial charge in [0.05, 0.1) is 26.7 Å². The predicted octanol–water partition coefficient (Wildman–Crippen LogP) is 5.12. The molecule has 9 nitrogen and oxygen atoms in total. The van der Waals surface area contributed by atoms with E-state index < -0.39 is 17.3 Å². The van der Waals surface area contributed by atoms with E-state index in [1.54, 1.807) is 37.4 Å². The number of carbonyl (C=O) groups excluding carboxylic acids is 1. The summed E-state index contributed by atoms with van der Waals surface area (Å²) in [6.07, 6.45) is -0.153. The zero-order valence-corrected chi connectivity index (χ0v) is 21.2. The third kappa shape index (κ3) is 4.36. The van der Waals surface area contributed by atoms with Crippen LogP contribution in [0.5, 0.6) is 34.5 Å². The molecule has 0 amide bonds. The van der Waals surface area contributed by atoms with Gasteiger partial charge in [-0.2, -0.15) is 0 Å². The number of carbonyl (C=O) groups is 1. The van der Waals surface area contributed by atoms with E-state index in [0.717, 1.165) is 0 Å². The van der Waals surface area contributed by atoms with Gasteiger partial charge < -0.3 is 33.6 Å². The standard InChI is InChI=1S/C29H26O9/c1-14(2)36-24-10-15(5-8-22(24)35-4)17-11-26(33)37-25-13-20(32)28-19(31)12-23(38-29(28)27(17)25)16-6-7-21(34-3)18(30)9-16/h5-10,12-14,17,30,32H,11H2,1-4H3. The first-order valence-corrected chi connectivity index (χ1v) is 12.0. The van der Waals surface area contributed by atoms with Crippen LogP contribution >= 0.6 is 0 Å². The van der Waals surface area contributed by atoms with Gasteiger partial charge in [-0.1, -0.05) is 6.07 Å². The van der Waals surface area contributed by atoms with Crippen LogP contribution in [0.4, 0.5) is 0 Å². The first-order valence-electron chi connectivity index (χ1n) is 12.0. The van der Waals surface area contributed by atoms with Gasteiger partial charge in [0, 0.05) is 29.2 Å². The van der Waals surface area contributed by atoms with Crippen molar-refractivity contribution in [3.8, 4) is 45.8 Å². The Balaban J connectivity index is 1.75. The van der Waals surface area contributed by atoms with Crippen molar-refractivity contribution in [1.82, 2.24) is 0 Å². The predicted molar refractivity (Wildman–Crippen MR) is 139 cm³/mol. The summed E-state index contributed by atoms with van der Waals surface area (Å²) >= 11 is 0. The molecule has 2 N–H and O–H groups in total. The molecule has 0 aliphatic carbocycles. The molecule has 2 heterocycles. The maximum Gasteiger partial charge on any atom is 0.312 e. The summed E-state index contributed by atoms with van der Waals surface area (Å²) in [5.41, 5.74) is 1.15. The van der Waals surface area contributed by atoms with Gasteiger partial charge in [-0.25, -0.2) is 0 Å². The minimum absolute atomic E-state index is 0.0302. The summed E-state index contributed by atoms with van der Waals surface area (Å²) in [5.74, 6) is -0.0304. The number of ether oxygens (including phenoxy) is 4. The van der Waals surface area contributed by atoms with Crippen molar-refractivity contribution in [3.05, 3.63) is 69.9 Å². The monoisotopic (exact) mass is 518 g/mol. The van der Waals surface area contributed by atoms with Crippen LogP contribution in [-0.2, 0) is 4.79 Å². The molecule has 1 atom stereocenters. The Morgan fingerprint density at radius 2 is 1.63 bits per heavy atom. The second-order valence-electron chi connectivity index (χ2n) is 9.18. The van der Waals surface area contributed by atoms with Gasteiger partial charge >= 0.3 is 5.97 Å². The molecule has 0 saturated carbocycles. The lowest BCUT2D eigenvalue weighted by atomic mass is 9.85. The number of benzene rings is 3. The zero-order valence-electron chi connectivity index (χ0n) is 21.2. The number of rotatable bonds is 6. The summed E-state index contributed by atoms with van der Waals surface area (Å²) in [6, 6.07) is 12.4. The Kier molecular flexibility index (Phi) is 6.36. The lowest BCUT2D eigenvalue weighted by Crippen LogP contribution is -2.22. The molecule has 0 fully saturated rings. The summed E-state index contributed by atoms with van der Waals surface area (Å²) < 4.78 is 28.1. The lowest BCUT2D eigenvalue weighted by Gasteiger charge is -2.26. The quantitative estimate of drug-likeness (QED) is 0.264. The number of fused-ring (bicyclic) bond motifs is 3. The number of hydrogen-bond donors (Lipinski definition) is 2. The van der Waals surface area contributed by atoms with Crippen LogP contribution in [0.25, 0.3) is 22.3 Å². The summed E-state index contributed by atoms with van der Waals surface area (Å²) in [4.78, 5) is 25.8. The van der Waals surface area contributed by atoms with Crippen LogP contribution in [0, 0.1) is 0 Å². The Morgan fingerprint density at radius 1 is 0.895 bits per heavy atom. The van der Waals surface area contributed by atoms with Crippen LogP contribution in [0.3, 0.4) is 0 Å². The van der Waals surface area contributed by atoms with Crippen LogP contribution in [0.2, 0.25) is 0 Å². The number of hydrogen-bond acceptors (Lipinski definition) is 9. The maximum atomic E-state index is 13.2. The van der Waals surface area contributed by atoms with E-state index in [2.05, 4.69) is 0 Å². The highest BCUT2D eigenvalue weighted by molar-refractivity contribution is 5.93. The van der Waals surface area contributed by atoms with Gasteiger partial charge in [0.1, 0.15) is 28.2 Å². The van der Waals surface area contributed by atoms with Gasteiger partial charge in [0.25, 0.3) is 0 Å². The van der Waals surface area contributed by atoms with E-state index in [0.29, 0.717) is 28.2 Å². The van der Waals surface area contributed by atoms with Crippen molar-refractivity contribution >= 4 is 16.9 Å². The molecule has 0 spiro atoms. The molecule has 9 heteroatoms. The Labute approximate surface area is 217 Å². The van der Waals surface area contributed by atoms with E-state index in [1.165, 1.54) is 25.3 Å². The number of phenols is 2. The molecular formula is C29H26O9. The minimum Gasteiger partial charge on any atom is -0.507 e. The molecule has 0 saturated heterocycles. The third-order valence-electron chi connectivity index (χ3n) is 6.34. The molecule has 1 unspecified atom stereocenters. The smallest absolute Gasteiger partial charge is 0.312 e. The topological polar surface area (TPSA) is 125 Å². The number of esters is 1. The first kappa shape index (κ1) is 25.0. The molecule has 1 aliphatic rings. The van der Waals surface area contributed by atoms with Gasteiger partial charge in [-0.15, -0.1) is 0 Å². The number of phenolic OH excluding ortho intramolecular Hbond substituents is 2. The summed E-state index contributed by atoms with van der Waals surface area (Å²) in [7, 11) is 2.97. The van der Waals surface area contributed by atoms with Crippen molar-refractivity contribution < 1.29 is 38.4 Å². The highest BCUT2D eigenvalue weighted by Crippen LogP contribution is 2.47. The Morgan fingerprint density at radius 3 is 2.32 bits per heavy atom. The first-order chi connectivity index (χ1) is 18.2. The Bertz CT molecular complexity index is 1620. The van der Waals surface area contributed by atoms with Crippen LogP contribution in [0.15, 0.2) is 57.7 Å². The summed E-state index contributed by atoms with van der Waals surface area (Å²) in [6.45, 7) is 3.78. The number of aromatic hydroxyl groups is 2. The molecule has 4 aromatic rings. The zero-order chi connectivity index (χ0) is 27.1. The van der Waals surface area contributed by atoms with Crippen molar-refractivity contribution in [2.45, 2.75) is 32.3 Å². The van der Waals surface area contributed by atoms with Crippen LogP contribution in [-0.4, -0.2) is 36.5 Å². The van der Waals surface area contributed by atoms with Crippen LogP contribution in [0.1, 0.15) is 37.3 Å². The molecular weight excluding hydrogens is 492 g/mol. The van der Waals surface area contributed by atoms with E-state index >= 15 is 0 Å². The van der Waals surface area contributed by atoms with Gasteiger partial charge in [0.15, 0.2) is 28.4 Å². The average molecular weight is 519 g/mol. The van der Waals surface area contributed by atoms with E-state index in [1.807, 2.05) is 13.8 Å². The second kappa shape index (κ2) is 9.66. The number of methoxy groups -OCH3 is 2. The normalized spacial score (nSPS) is 14.8. The largest absolute Gasteiger partial charge is 0.507 e. The molecule has 3 aromatic carbocycles. The SMILES string of the molecule is COc1ccc(-c2cc(=O)c3c(O)cc4c(c3o2)C(c2ccc(OC)c(OC(C)C)c2)CC(=O)O4)cc1O. The minimum atomic E-state index is -0.572. The molecule has 196 valence electrons. The fourth-order valence-corrected chi connectivity index (χ4v) is 4.69. The van der Waals surface area contributed by atoms with E-state index in [4.69, 9.17) is 23.4 Å². The fourth-order valence-electron chi connectivity index (χ4n) is 4.69. The second-order valence-corrected chi connectivity index (χ2v) is 9.18. The lowest BCUT2D eigenvalue weighted by molar-refractivity contribution is -0.135. The van der Waals surface area contributed by atoms with Gasteiger partial charge in [0.2, 0.25) is 0 Å². The molecule has 1 aromatic heterocycles. The molecule has 1 aliphatic heterocycles.